The van der Waals surface area contributed by atoms with Crippen LogP contribution in [0.4, 0.5) is 0 Å². The van der Waals surface area contributed by atoms with Gasteiger partial charge in [0, 0.05) is 31.7 Å². The minimum absolute atomic E-state index is 0.103. The molecule has 0 unspecified atom stereocenters. The van der Waals surface area contributed by atoms with Crippen LogP contribution in [0.25, 0.3) is 0 Å². The first kappa shape index (κ1) is 17.2. The molecule has 0 aromatic carbocycles. The Bertz CT molecular complexity index is 426. The van der Waals surface area contributed by atoms with Crippen LogP contribution in [0, 0.1) is 16.7 Å². The molecule has 0 aliphatic heterocycles. The van der Waals surface area contributed by atoms with Crippen LogP contribution in [0.5, 0.6) is 0 Å². The van der Waals surface area contributed by atoms with Crippen LogP contribution in [0.1, 0.15) is 45.4 Å². The number of hydrogen-bond acceptors (Lipinski definition) is 4. The quantitative estimate of drug-likeness (QED) is 0.722. The van der Waals surface area contributed by atoms with Crippen molar-refractivity contribution < 1.29 is 9.53 Å². The average molecular weight is 307 g/mol. The van der Waals surface area contributed by atoms with Crippen molar-refractivity contribution in [3.63, 3.8) is 0 Å². The Morgan fingerprint density at radius 3 is 2.64 bits per heavy atom. The number of amides is 1. The minimum Gasteiger partial charge on any atom is -0.378 e. The second-order valence-corrected chi connectivity index (χ2v) is 6.77. The zero-order valence-corrected chi connectivity index (χ0v) is 14.2. The van der Waals surface area contributed by atoms with Gasteiger partial charge in [-0.1, -0.05) is 12.8 Å². The van der Waals surface area contributed by atoms with Crippen LogP contribution in [0.2, 0.25) is 0 Å². The van der Waals surface area contributed by atoms with E-state index in [0.717, 1.165) is 13.0 Å². The summed E-state index contributed by atoms with van der Waals surface area (Å²) in [5.41, 5.74) is 0.274. The van der Waals surface area contributed by atoms with E-state index in [4.69, 9.17) is 10.00 Å². The molecule has 0 bridgehead atoms. The molecule has 0 aromatic heterocycles. The summed E-state index contributed by atoms with van der Waals surface area (Å²) in [6, 6.07) is 2.55. The van der Waals surface area contributed by atoms with E-state index < -0.39 is 0 Å². The predicted molar refractivity (Wildman–Crippen MR) is 85.2 cm³/mol. The topological polar surface area (TPSA) is 56.6 Å². The van der Waals surface area contributed by atoms with Gasteiger partial charge in [0.15, 0.2) is 0 Å². The van der Waals surface area contributed by atoms with E-state index in [1.54, 1.807) is 11.9 Å². The highest BCUT2D eigenvalue weighted by molar-refractivity contribution is 5.78. The van der Waals surface area contributed by atoms with Gasteiger partial charge < -0.3 is 9.64 Å². The zero-order valence-electron chi connectivity index (χ0n) is 14.2. The van der Waals surface area contributed by atoms with Crippen molar-refractivity contribution in [1.29, 1.82) is 5.26 Å². The van der Waals surface area contributed by atoms with E-state index in [1.165, 1.54) is 25.7 Å². The van der Waals surface area contributed by atoms with Crippen molar-refractivity contribution in [3.05, 3.63) is 0 Å². The Morgan fingerprint density at radius 2 is 2.05 bits per heavy atom. The molecule has 22 heavy (non-hydrogen) atoms. The first-order chi connectivity index (χ1) is 10.5. The van der Waals surface area contributed by atoms with Crippen molar-refractivity contribution >= 4 is 5.91 Å². The Hall–Kier alpha value is -1.12. The summed E-state index contributed by atoms with van der Waals surface area (Å²) in [6.07, 6.45) is 6.83. The maximum absolute atomic E-state index is 12.3. The van der Waals surface area contributed by atoms with Crippen LogP contribution >= 0.6 is 0 Å². The van der Waals surface area contributed by atoms with Gasteiger partial charge in [-0.2, -0.15) is 5.26 Å². The molecule has 0 aromatic rings. The highest BCUT2D eigenvalue weighted by Crippen LogP contribution is 2.56. The molecule has 1 spiro atoms. The van der Waals surface area contributed by atoms with E-state index in [1.807, 2.05) is 0 Å². The fourth-order valence-electron chi connectivity index (χ4n) is 4.26. The summed E-state index contributed by atoms with van der Waals surface area (Å²) in [5.74, 6) is 0.103. The monoisotopic (exact) mass is 307 g/mol. The van der Waals surface area contributed by atoms with Crippen molar-refractivity contribution in [2.75, 3.05) is 33.8 Å². The molecule has 1 amide bonds. The first-order valence-corrected chi connectivity index (χ1v) is 8.48. The lowest BCUT2D eigenvalue weighted by molar-refractivity contribution is -0.164. The number of likely N-dealkylation sites (N-methyl/N-ethyl adjacent to an activating group) is 2. The van der Waals surface area contributed by atoms with E-state index in [-0.39, 0.29) is 11.3 Å². The van der Waals surface area contributed by atoms with Crippen LogP contribution < -0.4 is 0 Å². The second kappa shape index (κ2) is 7.43. The number of rotatable bonds is 7. The van der Waals surface area contributed by atoms with E-state index >= 15 is 0 Å². The Kier molecular flexibility index (Phi) is 5.82. The van der Waals surface area contributed by atoms with Crippen molar-refractivity contribution in [2.45, 2.75) is 57.6 Å². The average Bonchev–Trinajstić information content (AvgIpc) is 3.00. The lowest BCUT2D eigenvalue weighted by atomic mass is 9.60. The highest BCUT2D eigenvalue weighted by atomic mass is 16.5. The summed E-state index contributed by atoms with van der Waals surface area (Å²) >= 11 is 0. The number of nitrogens with zero attached hydrogens (tertiary/aromatic N) is 3. The molecule has 0 N–H and O–H groups in total. The molecule has 2 saturated carbocycles. The molecule has 5 heteroatoms. The number of carbonyl (C=O) groups is 1. The summed E-state index contributed by atoms with van der Waals surface area (Å²) in [6.45, 7) is 3.79. The summed E-state index contributed by atoms with van der Waals surface area (Å²) in [5, 5.41) is 8.62. The Labute approximate surface area is 134 Å². The lowest BCUT2D eigenvalue weighted by Gasteiger charge is -2.57. The molecule has 2 fully saturated rings. The molecule has 2 aliphatic rings. The fourth-order valence-corrected chi connectivity index (χ4v) is 4.26. The van der Waals surface area contributed by atoms with Crippen molar-refractivity contribution in [2.24, 2.45) is 5.41 Å². The van der Waals surface area contributed by atoms with Gasteiger partial charge in [0.1, 0.15) is 0 Å². The number of hydrogen-bond donors (Lipinski definition) is 0. The molecule has 2 rings (SSSR count). The Balaban J connectivity index is 1.91. The van der Waals surface area contributed by atoms with Gasteiger partial charge >= 0.3 is 0 Å². The van der Waals surface area contributed by atoms with Gasteiger partial charge in [0.2, 0.25) is 5.91 Å². The van der Waals surface area contributed by atoms with Crippen LogP contribution in [-0.2, 0) is 9.53 Å². The van der Waals surface area contributed by atoms with Gasteiger partial charge in [0.25, 0.3) is 0 Å². The van der Waals surface area contributed by atoms with Gasteiger partial charge in [-0.3, -0.25) is 9.69 Å². The molecule has 2 aliphatic carbocycles. The highest BCUT2D eigenvalue weighted by Gasteiger charge is 2.58. The molecule has 0 heterocycles. The maximum Gasteiger partial charge on any atom is 0.236 e. The predicted octanol–water partition coefficient (Wildman–Crippen LogP) is 2.03. The number of carbonyl (C=O) groups excluding carboxylic acids is 1. The van der Waals surface area contributed by atoms with E-state index in [0.29, 0.717) is 31.7 Å². The van der Waals surface area contributed by atoms with Crippen LogP contribution in [0.15, 0.2) is 0 Å². The maximum atomic E-state index is 12.3. The number of nitriles is 1. The summed E-state index contributed by atoms with van der Waals surface area (Å²) in [7, 11) is 3.84. The van der Waals surface area contributed by atoms with Gasteiger partial charge in [-0.25, -0.2) is 0 Å². The Morgan fingerprint density at radius 1 is 1.36 bits per heavy atom. The van der Waals surface area contributed by atoms with Crippen molar-refractivity contribution in [1.82, 2.24) is 9.80 Å². The lowest BCUT2D eigenvalue weighted by Crippen LogP contribution is -2.63. The van der Waals surface area contributed by atoms with Crippen LogP contribution in [0.3, 0.4) is 0 Å². The van der Waals surface area contributed by atoms with Crippen LogP contribution in [-0.4, -0.2) is 61.6 Å². The molecule has 5 nitrogen and oxygen atoms in total. The molecule has 124 valence electrons. The zero-order chi connectivity index (χ0) is 16.2. The largest absolute Gasteiger partial charge is 0.378 e. The van der Waals surface area contributed by atoms with E-state index in [9.17, 15) is 4.79 Å². The van der Waals surface area contributed by atoms with Gasteiger partial charge in [-0.05, 0) is 33.2 Å². The minimum atomic E-state index is 0.103. The molecule has 0 radical (unpaired) electrons. The van der Waals surface area contributed by atoms with Gasteiger partial charge in [0.05, 0.1) is 25.1 Å². The normalized spacial score (nSPS) is 26.0. The third kappa shape index (κ3) is 3.28. The summed E-state index contributed by atoms with van der Waals surface area (Å²) < 4.78 is 5.94. The van der Waals surface area contributed by atoms with Gasteiger partial charge in [-0.15, -0.1) is 0 Å². The smallest absolute Gasteiger partial charge is 0.236 e. The number of ether oxygens (including phenoxy) is 1. The molecular formula is C17H29N3O2. The fraction of sp³-hybridized carbons (Fsp3) is 0.882. The van der Waals surface area contributed by atoms with Crippen molar-refractivity contribution in [3.8, 4) is 6.07 Å². The SMILES string of the molecule is CCO[C@H]1C[C@H](N(C)CC(=O)N(C)CCC#N)C12CCCC2. The third-order valence-electron chi connectivity index (χ3n) is 5.55. The molecular weight excluding hydrogens is 278 g/mol. The second-order valence-electron chi connectivity index (χ2n) is 6.77. The van der Waals surface area contributed by atoms with E-state index in [2.05, 4.69) is 24.9 Å². The standard InChI is InChI=1S/C17H29N3O2/c1-4-22-15-12-14(17(15)8-5-6-9-17)20(3)13-16(21)19(2)11-7-10-18/h14-15H,4-9,11-13H2,1-3H3/t14-,15-/m0/s1. The molecule has 2 atom stereocenters. The third-order valence-corrected chi connectivity index (χ3v) is 5.55. The summed E-state index contributed by atoms with van der Waals surface area (Å²) in [4.78, 5) is 16.1. The first-order valence-electron chi connectivity index (χ1n) is 8.48. The molecule has 0 saturated heterocycles.